The minimum atomic E-state index is 0.996. The van der Waals surface area contributed by atoms with Gasteiger partial charge in [0.25, 0.3) is 0 Å². The van der Waals surface area contributed by atoms with Crippen LogP contribution in [0.3, 0.4) is 0 Å². The van der Waals surface area contributed by atoms with Gasteiger partial charge < -0.3 is 9.47 Å². The lowest BCUT2D eigenvalue weighted by Gasteiger charge is -2.32. The molecule has 1 aromatic rings. The van der Waals surface area contributed by atoms with Crippen LogP contribution in [0.4, 0.5) is 0 Å². The van der Waals surface area contributed by atoms with Crippen molar-refractivity contribution in [3.63, 3.8) is 0 Å². The van der Waals surface area contributed by atoms with E-state index in [1.54, 1.807) is 0 Å². The fourth-order valence-corrected chi connectivity index (χ4v) is 2.20. The van der Waals surface area contributed by atoms with Crippen LogP contribution >= 0.6 is 0 Å². The second-order valence-electron chi connectivity index (χ2n) is 4.66. The summed E-state index contributed by atoms with van der Waals surface area (Å²) < 4.78 is 2.26. The minimum absolute atomic E-state index is 0.996. The van der Waals surface area contributed by atoms with Crippen LogP contribution < -0.4 is 0 Å². The maximum absolute atomic E-state index is 4.60. The molecule has 2 rings (SSSR count). The van der Waals surface area contributed by atoms with Gasteiger partial charge in [0.05, 0.1) is 12.2 Å². The van der Waals surface area contributed by atoms with Crippen LogP contribution in [0.2, 0.25) is 0 Å². The highest BCUT2D eigenvalue weighted by atomic mass is 15.3. The van der Waals surface area contributed by atoms with Gasteiger partial charge >= 0.3 is 0 Å². The van der Waals surface area contributed by atoms with Gasteiger partial charge in [-0.3, -0.25) is 4.90 Å². The van der Waals surface area contributed by atoms with Crippen molar-refractivity contribution in [2.24, 2.45) is 0 Å². The molecule has 0 bridgehead atoms. The molecule has 0 unspecified atom stereocenters. The molecule has 90 valence electrons. The Hall–Kier alpha value is -0.870. The van der Waals surface area contributed by atoms with Gasteiger partial charge in [0.15, 0.2) is 0 Å². The zero-order valence-corrected chi connectivity index (χ0v) is 10.6. The number of imidazole rings is 1. The molecule has 0 N–H and O–H groups in total. The molecule has 0 amide bonds. The van der Waals surface area contributed by atoms with Gasteiger partial charge in [-0.05, 0) is 20.9 Å². The van der Waals surface area contributed by atoms with Crippen LogP contribution in [0.1, 0.15) is 18.4 Å². The molecule has 0 aliphatic carbocycles. The number of aromatic nitrogens is 2. The van der Waals surface area contributed by atoms with E-state index in [2.05, 4.69) is 46.4 Å². The summed E-state index contributed by atoms with van der Waals surface area (Å²) in [5.41, 5.74) is 1.13. The van der Waals surface area contributed by atoms with Crippen molar-refractivity contribution >= 4 is 0 Å². The van der Waals surface area contributed by atoms with Gasteiger partial charge in [-0.15, -0.1) is 0 Å². The molecule has 0 aromatic carbocycles. The molecule has 4 heteroatoms. The summed E-state index contributed by atoms with van der Waals surface area (Å²) in [7, 11) is 2.19. The van der Waals surface area contributed by atoms with Crippen LogP contribution in [0.15, 0.2) is 6.20 Å². The summed E-state index contributed by atoms with van der Waals surface area (Å²) in [4.78, 5) is 9.48. The first-order valence-electron chi connectivity index (χ1n) is 6.12. The Kier molecular flexibility index (Phi) is 3.61. The Bertz CT molecular complexity index is 337. The van der Waals surface area contributed by atoms with Gasteiger partial charge in [-0.25, -0.2) is 4.98 Å². The standard InChI is InChI=1S/C12H22N4/c1-4-16-9-11(2)13-12(16)10-15-7-5-14(3)6-8-15/h9H,4-8,10H2,1-3H3. The van der Waals surface area contributed by atoms with E-state index in [0.29, 0.717) is 0 Å². The van der Waals surface area contributed by atoms with Crippen molar-refractivity contribution in [1.29, 1.82) is 0 Å². The molecule has 0 atom stereocenters. The van der Waals surface area contributed by atoms with Crippen LogP contribution in [0, 0.1) is 6.92 Å². The van der Waals surface area contributed by atoms with E-state index in [1.807, 2.05) is 0 Å². The van der Waals surface area contributed by atoms with Crippen LogP contribution in [-0.4, -0.2) is 52.6 Å². The van der Waals surface area contributed by atoms with E-state index in [9.17, 15) is 0 Å². The fraction of sp³-hybridized carbons (Fsp3) is 0.750. The van der Waals surface area contributed by atoms with Gasteiger partial charge in [0.1, 0.15) is 5.82 Å². The molecule has 1 fully saturated rings. The largest absolute Gasteiger partial charge is 0.334 e. The van der Waals surface area contributed by atoms with Crippen molar-refractivity contribution in [3.8, 4) is 0 Å². The molecule has 1 aromatic heterocycles. The number of hydrogen-bond acceptors (Lipinski definition) is 3. The highest BCUT2D eigenvalue weighted by molar-refractivity contribution is 5.02. The predicted molar refractivity (Wildman–Crippen MR) is 65.4 cm³/mol. The third kappa shape index (κ3) is 2.62. The zero-order valence-electron chi connectivity index (χ0n) is 10.6. The molecule has 1 aliphatic heterocycles. The van der Waals surface area contributed by atoms with E-state index in [-0.39, 0.29) is 0 Å². The van der Waals surface area contributed by atoms with Crippen LogP contribution in [0.25, 0.3) is 0 Å². The molecule has 16 heavy (non-hydrogen) atoms. The van der Waals surface area contributed by atoms with Crippen molar-refractivity contribution in [3.05, 3.63) is 17.7 Å². The summed E-state index contributed by atoms with van der Waals surface area (Å²) in [5.74, 6) is 1.21. The van der Waals surface area contributed by atoms with Gasteiger partial charge in [0, 0.05) is 38.9 Å². The second-order valence-corrected chi connectivity index (χ2v) is 4.66. The third-order valence-electron chi connectivity index (χ3n) is 3.28. The van der Waals surface area contributed by atoms with Gasteiger partial charge in [-0.1, -0.05) is 0 Å². The average molecular weight is 222 g/mol. The normalized spacial score (nSPS) is 19.2. The molecular weight excluding hydrogens is 200 g/mol. The summed E-state index contributed by atoms with van der Waals surface area (Å²) in [6, 6.07) is 0. The molecule has 2 heterocycles. The molecule has 0 saturated carbocycles. The Morgan fingerprint density at radius 3 is 2.56 bits per heavy atom. The molecule has 1 saturated heterocycles. The lowest BCUT2D eigenvalue weighted by molar-refractivity contribution is 0.144. The molecular formula is C12H22N4. The van der Waals surface area contributed by atoms with E-state index >= 15 is 0 Å². The lowest BCUT2D eigenvalue weighted by Crippen LogP contribution is -2.44. The second kappa shape index (κ2) is 4.97. The lowest BCUT2D eigenvalue weighted by atomic mass is 10.3. The van der Waals surface area contributed by atoms with E-state index in [1.165, 1.54) is 18.9 Å². The number of piperazine rings is 1. The highest BCUT2D eigenvalue weighted by Gasteiger charge is 2.16. The third-order valence-corrected chi connectivity index (χ3v) is 3.28. The number of likely N-dealkylation sites (N-methyl/N-ethyl adjacent to an activating group) is 1. The summed E-state index contributed by atoms with van der Waals surface area (Å²) >= 11 is 0. The average Bonchev–Trinajstić information content (AvgIpc) is 2.62. The van der Waals surface area contributed by atoms with Crippen molar-refractivity contribution in [2.75, 3.05) is 33.2 Å². The van der Waals surface area contributed by atoms with Crippen molar-refractivity contribution < 1.29 is 0 Å². The topological polar surface area (TPSA) is 24.3 Å². The number of nitrogens with zero attached hydrogens (tertiary/aromatic N) is 4. The first-order valence-corrected chi connectivity index (χ1v) is 6.12. The summed E-state index contributed by atoms with van der Waals surface area (Å²) in [5, 5.41) is 0. The van der Waals surface area contributed by atoms with Crippen LogP contribution in [-0.2, 0) is 13.1 Å². The minimum Gasteiger partial charge on any atom is -0.334 e. The van der Waals surface area contributed by atoms with Crippen LogP contribution in [0.5, 0.6) is 0 Å². The van der Waals surface area contributed by atoms with E-state index in [0.717, 1.165) is 31.9 Å². The molecule has 4 nitrogen and oxygen atoms in total. The summed E-state index contributed by atoms with van der Waals surface area (Å²) in [6.45, 7) is 10.9. The number of hydrogen-bond donors (Lipinski definition) is 0. The molecule has 1 aliphatic rings. The fourth-order valence-electron chi connectivity index (χ4n) is 2.20. The van der Waals surface area contributed by atoms with E-state index in [4.69, 9.17) is 0 Å². The number of aryl methyl sites for hydroxylation is 2. The maximum atomic E-state index is 4.60. The van der Waals surface area contributed by atoms with Crippen molar-refractivity contribution in [2.45, 2.75) is 26.9 Å². The monoisotopic (exact) mass is 222 g/mol. The smallest absolute Gasteiger partial charge is 0.123 e. The first kappa shape index (κ1) is 11.6. The number of rotatable bonds is 3. The Labute approximate surface area is 97.9 Å². The molecule has 0 radical (unpaired) electrons. The van der Waals surface area contributed by atoms with Crippen molar-refractivity contribution in [1.82, 2.24) is 19.4 Å². The first-order chi connectivity index (χ1) is 7.69. The Balaban J connectivity index is 1.97. The highest BCUT2D eigenvalue weighted by Crippen LogP contribution is 2.08. The molecule has 0 spiro atoms. The Morgan fingerprint density at radius 1 is 1.25 bits per heavy atom. The Morgan fingerprint density at radius 2 is 1.94 bits per heavy atom. The zero-order chi connectivity index (χ0) is 11.5. The maximum Gasteiger partial charge on any atom is 0.123 e. The predicted octanol–water partition coefficient (Wildman–Crippen LogP) is 0.959. The summed E-state index contributed by atoms with van der Waals surface area (Å²) in [6.07, 6.45) is 2.14. The SMILES string of the molecule is CCn1cc(C)nc1CN1CCN(C)CC1. The van der Waals surface area contributed by atoms with E-state index < -0.39 is 0 Å². The quantitative estimate of drug-likeness (QED) is 0.761. The van der Waals surface area contributed by atoms with Gasteiger partial charge in [0.2, 0.25) is 0 Å². The van der Waals surface area contributed by atoms with Gasteiger partial charge in [-0.2, -0.15) is 0 Å².